The molecule has 1 atom stereocenters. The minimum absolute atomic E-state index is 0.197. The van der Waals surface area contributed by atoms with Crippen molar-refractivity contribution < 1.29 is 9.52 Å². The minimum atomic E-state index is -0.844. The van der Waals surface area contributed by atoms with Gasteiger partial charge in [-0.3, -0.25) is 4.68 Å². The summed E-state index contributed by atoms with van der Waals surface area (Å²) in [4.78, 5) is 0. The highest BCUT2D eigenvalue weighted by Gasteiger charge is 2.22. The zero-order valence-corrected chi connectivity index (χ0v) is 10.9. The molecule has 0 aliphatic rings. The van der Waals surface area contributed by atoms with Crippen molar-refractivity contribution in [2.45, 2.75) is 19.6 Å². The van der Waals surface area contributed by atoms with Crippen molar-refractivity contribution in [3.63, 3.8) is 0 Å². The van der Waals surface area contributed by atoms with E-state index in [4.69, 9.17) is 16.0 Å². The van der Waals surface area contributed by atoms with E-state index >= 15 is 0 Å². The molecule has 0 amide bonds. The molecule has 2 heterocycles. The van der Waals surface area contributed by atoms with Crippen molar-refractivity contribution in [2.75, 3.05) is 0 Å². The third-order valence-electron chi connectivity index (χ3n) is 2.33. The van der Waals surface area contributed by atoms with Crippen molar-refractivity contribution in [3.8, 4) is 0 Å². The standard InChI is InChI=1S/C10H10BrClN2O2/c1-2-14-8(7(11)5-13-14)9(15)6-3-4-16-10(6)12/h3-5,9,15H,2H2,1H3. The minimum Gasteiger partial charge on any atom is -0.453 e. The van der Waals surface area contributed by atoms with Crippen LogP contribution < -0.4 is 0 Å². The highest BCUT2D eigenvalue weighted by molar-refractivity contribution is 9.10. The van der Waals surface area contributed by atoms with E-state index in [1.165, 1.54) is 6.26 Å². The normalized spacial score (nSPS) is 13.0. The van der Waals surface area contributed by atoms with Gasteiger partial charge in [-0.05, 0) is 40.5 Å². The van der Waals surface area contributed by atoms with Crippen molar-refractivity contribution >= 4 is 27.5 Å². The summed E-state index contributed by atoms with van der Waals surface area (Å²) in [6.07, 6.45) is 2.25. The SMILES string of the molecule is CCn1ncc(Br)c1C(O)c1ccoc1Cl. The molecule has 0 radical (unpaired) electrons. The lowest BCUT2D eigenvalue weighted by atomic mass is 10.1. The summed E-state index contributed by atoms with van der Waals surface area (Å²) in [5.41, 5.74) is 1.21. The third-order valence-corrected chi connectivity index (χ3v) is 3.25. The smallest absolute Gasteiger partial charge is 0.199 e. The number of aryl methyl sites for hydroxylation is 1. The van der Waals surface area contributed by atoms with Crippen LogP contribution in [0.1, 0.15) is 24.3 Å². The van der Waals surface area contributed by atoms with E-state index in [1.54, 1.807) is 16.9 Å². The molecule has 2 aromatic heterocycles. The van der Waals surface area contributed by atoms with E-state index < -0.39 is 6.10 Å². The van der Waals surface area contributed by atoms with Crippen LogP contribution in [0.5, 0.6) is 0 Å². The molecule has 6 heteroatoms. The first-order valence-electron chi connectivity index (χ1n) is 4.77. The Labute approximate surface area is 106 Å². The molecule has 4 nitrogen and oxygen atoms in total. The Hall–Kier alpha value is -0.780. The average Bonchev–Trinajstić information content (AvgIpc) is 2.83. The number of hydrogen-bond donors (Lipinski definition) is 1. The highest BCUT2D eigenvalue weighted by Crippen LogP contribution is 2.32. The molecule has 0 aromatic carbocycles. The van der Waals surface area contributed by atoms with Gasteiger partial charge in [0.25, 0.3) is 0 Å². The zero-order valence-electron chi connectivity index (χ0n) is 8.52. The second-order valence-electron chi connectivity index (χ2n) is 3.25. The lowest BCUT2D eigenvalue weighted by Crippen LogP contribution is -2.09. The van der Waals surface area contributed by atoms with Gasteiger partial charge < -0.3 is 9.52 Å². The van der Waals surface area contributed by atoms with Gasteiger partial charge in [0, 0.05) is 12.1 Å². The number of hydrogen-bond acceptors (Lipinski definition) is 3. The Morgan fingerprint density at radius 2 is 2.44 bits per heavy atom. The van der Waals surface area contributed by atoms with Gasteiger partial charge in [0.05, 0.1) is 22.6 Å². The fourth-order valence-corrected chi connectivity index (χ4v) is 2.27. The molecule has 1 unspecified atom stereocenters. The van der Waals surface area contributed by atoms with Crippen LogP contribution in [0.15, 0.2) is 27.4 Å². The summed E-state index contributed by atoms with van der Waals surface area (Å²) in [6.45, 7) is 2.63. The van der Waals surface area contributed by atoms with Crippen LogP contribution in [0.25, 0.3) is 0 Å². The van der Waals surface area contributed by atoms with Gasteiger partial charge in [-0.2, -0.15) is 5.10 Å². The molecule has 0 bridgehead atoms. The molecule has 0 saturated heterocycles. The Balaban J connectivity index is 2.44. The number of halogens is 2. The molecule has 0 spiro atoms. The maximum Gasteiger partial charge on any atom is 0.199 e. The van der Waals surface area contributed by atoms with E-state index in [-0.39, 0.29) is 5.22 Å². The molecule has 0 fully saturated rings. The van der Waals surface area contributed by atoms with Gasteiger partial charge >= 0.3 is 0 Å². The first-order valence-corrected chi connectivity index (χ1v) is 5.94. The molecule has 86 valence electrons. The Morgan fingerprint density at radius 3 is 3.00 bits per heavy atom. The van der Waals surface area contributed by atoms with Crippen LogP contribution >= 0.6 is 27.5 Å². The Bertz CT molecular complexity index is 495. The lowest BCUT2D eigenvalue weighted by Gasteiger charge is -2.11. The van der Waals surface area contributed by atoms with Gasteiger partial charge in [0.1, 0.15) is 6.10 Å². The van der Waals surface area contributed by atoms with Crippen molar-refractivity contribution in [1.29, 1.82) is 0 Å². The summed E-state index contributed by atoms with van der Waals surface area (Å²) in [7, 11) is 0. The zero-order chi connectivity index (χ0) is 11.7. The fraction of sp³-hybridized carbons (Fsp3) is 0.300. The van der Waals surface area contributed by atoms with Crippen LogP contribution in [0.4, 0.5) is 0 Å². The molecule has 2 aromatic rings. The molecule has 2 rings (SSSR count). The van der Waals surface area contributed by atoms with Gasteiger partial charge in [0.15, 0.2) is 5.22 Å². The van der Waals surface area contributed by atoms with Gasteiger partial charge in [-0.15, -0.1) is 0 Å². The number of rotatable bonds is 3. The molecular formula is C10H10BrClN2O2. The van der Waals surface area contributed by atoms with Crippen LogP contribution in [0.3, 0.4) is 0 Å². The molecule has 0 saturated carbocycles. The lowest BCUT2D eigenvalue weighted by molar-refractivity contribution is 0.206. The first-order chi connectivity index (χ1) is 7.65. The second kappa shape index (κ2) is 4.61. The monoisotopic (exact) mass is 304 g/mol. The summed E-state index contributed by atoms with van der Waals surface area (Å²) in [6, 6.07) is 1.65. The van der Waals surface area contributed by atoms with E-state index in [0.717, 1.165) is 4.47 Å². The van der Waals surface area contributed by atoms with Gasteiger partial charge in [-0.1, -0.05) is 0 Å². The summed E-state index contributed by atoms with van der Waals surface area (Å²) < 4.78 is 7.41. The van der Waals surface area contributed by atoms with E-state index in [1.807, 2.05) is 6.92 Å². The quantitative estimate of drug-likeness (QED) is 0.948. The number of aliphatic hydroxyl groups excluding tert-OH is 1. The van der Waals surface area contributed by atoms with E-state index in [0.29, 0.717) is 17.8 Å². The summed E-state index contributed by atoms with van der Waals surface area (Å²) in [5, 5.41) is 14.5. The number of nitrogens with zero attached hydrogens (tertiary/aromatic N) is 2. The van der Waals surface area contributed by atoms with Crippen LogP contribution in [-0.2, 0) is 6.54 Å². The summed E-state index contributed by atoms with van der Waals surface area (Å²) in [5.74, 6) is 0. The number of aliphatic hydroxyl groups is 1. The van der Waals surface area contributed by atoms with Crippen molar-refractivity contribution in [1.82, 2.24) is 9.78 Å². The molecule has 0 aliphatic heterocycles. The molecular weight excluding hydrogens is 295 g/mol. The topological polar surface area (TPSA) is 51.2 Å². The van der Waals surface area contributed by atoms with Crippen LogP contribution in [0.2, 0.25) is 5.22 Å². The maximum absolute atomic E-state index is 10.2. The second-order valence-corrected chi connectivity index (χ2v) is 4.44. The predicted octanol–water partition coefficient (Wildman–Crippen LogP) is 2.99. The molecule has 16 heavy (non-hydrogen) atoms. The average molecular weight is 306 g/mol. The largest absolute Gasteiger partial charge is 0.453 e. The number of furan rings is 1. The molecule has 0 aliphatic carbocycles. The van der Waals surface area contributed by atoms with Crippen LogP contribution in [0, 0.1) is 0 Å². The third kappa shape index (κ3) is 1.90. The predicted molar refractivity (Wildman–Crippen MR) is 63.4 cm³/mol. The van der Waals surface area contributed by atoms with E-state index in [2.05, 4.69) is 21.0 Å². The Kier molecular flexibility index (Phi) is 3.37. The highest BCUT2D eigenvalue weighted by atomic mass is 79.9. The van der Waals surface area contributed by atoms with Crippen molar-refractivity contribution in [2.24, 2.45) is 0 Å². The van der Waals surface area contributed by atoms with E-state index in [9.17, 15) is 5.11 Å². The molecule has 1 N–H and O–H groups in total. The summed E-state index contributed by atoms with van der Waals surface area (Å²) >= 11 is 9.18. The number of aromatic nitrogens is 2. The van der Waals surface area contributed by atoms with Crippen molar-refractivity contribution in [3.05, 3.63) is 39.5 Å². The van der Waals surface area contributed by atoms with Gasteiger partial charge in [0.2, 0.25) is 0 Å². The fourth-order valence-electron chi connectivity index (χ4n) is 1.54. The van der Waals surface area contributed by atoms with Crippen LogP contribution in [-0.4, -0.2) is 14.9 Å². The first kappa shape index (κ1) is 11.7. The van der Waals surface area contributed by atoms with Gasteiger partial charge in [-0.25, -0.2) is 0 Å². The maximum atomic E-state index is 10.2. The Morgan fingerprint density at radius 1 is 1.69 bits per heavy atom.